The van der Waals surface area contributed by atoms with E-state index in [1.807, 2.05) is 6.92 Å². The number of rotatable bonds is 9. The van der Waals surface area contributed by atoms with E-state index in [2.05, 4.69) is 0 Å². The number of methoxy groups -OCH3 is 1. The van der Waals surface area contributed by atoms with Gasteiger partial charge in [0.25, 0.3) is 5.91 Å². The van der Waals surface area contributed by atoms with Gasteiger partial charge in [0, 0.05) is 63.3 Å². The number of halogens is 5. The predicted octanol–water partition coefficient (Wildman–Crippen LogP) is 5.35. The highest BCUT2D eigenvalue weighted by Crippen LogP contribution is 2.46. The lowest BCUT2D eigenvalue weighted by Crippen LogP contribution is -2.50. The fourth-order valence-electron chi connectivity index (χ4n) is 8.42. The van der Waals surface area contributed by atoms with Gasteiger partial charge in [0.15, 0.2) is 0 Å². The van der Waals surface area contributed by atoms with Crippen LogP contribution in [0.15, 0.2) is 42.5 Å². The molecule has 0 aliphatic carbocycles. The van der Waals surface area contributed by atoms with Gasteiger partial charge in [-0.3, -0.25) is 19.3 Å². The Morgan fingerprint density at radius 1 is 0.941 bits per heavy atom. The molecule has 51 heavy (non-hydrogen) atoms. The first-order valence-corrected chi connectivity index (χ1v) is 17.7. The van der Waals surface area contributed by atoms with Crippen molar-refractivity contribution in [3.63, 3.8) is 0 Å². The van der Waals surface area contributed by atoms with E-state index >= 15 is 4.39 Å². The maximum Gasteiger partial charge on any atom is 0.416 e. The molecule has 1 N–H and O–H groups in total. The van der Waals surface area contributed by atoms with Gasteiger partial charge in [0.05, 0.1) is 31.7 Å². The summed E-state index contributed by atoms with van der Waals surface area (Å²) in [6.45, 7) is 2.62. The van der Waals surface area contributed by atoms with Crippen molar-refractivity contribution in [3.8, 4) is 5.75 Å². The summed E-state index contributed by atoms with van der Waals surface area (Å²) in [6, 6.07) is 10.4. The molecule has 4 saturated heterocycles. The van der Waals surface area contributed by atoms with Crippen LogP contribution in [-0.2, 0) is 20.6 Å². The fraction of sp³-hybridized carbons (Fsp3) is 0.595. The minimum atomic E-state index is -4.59. The molecular weight excluding hydrogens is 675 g/mol. The minimum Gasteiger partial charge on any atom is -0.497 e. The van der Waals surface area contributed by atoms with Crippen LogP contribution in [0.5, 0.6) is 5.75 Å². The van der Waals surface area contributed by atoms with Crippen molar-refractivity contribution < 1.29 is 46.2 Å². The molecule has 278 valence electrons. The van der Waals surface area contributed by atoms with Crippen LogP contribution in [0.25, 0.3) is 0 Å². The van der Waals surface area contributed by atoms with Crippen LogP contribution in [0.2, 0.25) is 0 Å². The third-order valence-corrected chi connectivity index (χ3v) is 11.4. The quantitative estimate of drug-likeness (QED) is 0.350. The Balaban J connectivity index is 1.28. The summed E-state index contributed by atoms with van der Waals surface area (Å²) in [6.07, 6.45) is -4.27. The Morgan fingerprint density at radius 2 is 1.65 bits per heavy atom. The lowest BCUT2D eigenvalue weighted by molar-refractivity contribution is -0.144. The lowest BCUT2D eigenvalue weighted by Gasteiger charge is -2.35. The van der Waals surface area contributed by atoms with Crippen molar-refractivity contribution >= 4 is 23.5 Å². The molecule has 9 nitrogen and oxygen atoms in total. The molecule has 0 radical (unpaired) electrons. The number of carboxylic acid groups (broad SMARTS) is 1. The topological polar surface area (TPSA) is 93.6 Å². The highest BCUT2D eigenvalue weighted by atomic mass is 19.4. The smallest absolute Gasteiger partial charge is 0.416 e. The molecule has 4 aliphatic rings. The van der Waals surface area contributed by atoms with Gasteiger partial charge in [-0.25, -0.2) is 8.78 Å². The number of benzene rings is 2. The summed E-state index contributed by atoms with van der Waals surface area (Å²) in [5.41, 5.74) is -1.70. The molecule has 0 bridgehead atoms. The number of ether oxygens (including phenoxy) is 1. The summed E-state index contributed by atoms with van der Waals surface area (Å²) in [7, 11) is 1.51. The summed E-state index contributed by atoms with van der Waals surface area (Å²) in [4.78, 5) is 45.4. The molecule has 4 aliphatic heterocycles. The Labute approximate surface area is 294 Å². The second-order valence-electron chi connectivity index (χ2n) is 14.4. The lowest BCUT2D eigenvalue weighted by atomic mass is 9.84. The third kappa shape index (κ3) is 7.52. The monoisotopic (exact) mass is 720 g/mol. The third-order valence-electron chi connectivity index (χ3n) is 11.4. The van der Waals surface area contributed by atoms with Gasteiger partial charge in [-0.2, -0.15) is 13.2 Å². The zero-order valence-corrected chi connectivity index (χ0v) is 28.9. The molecule has 0 aromatic heterocycles. The van der Waals surface area contributed by atoms with Crippen LogP contribution in [0.3, 0.4) is 0 Å². The predicted molar refractivity (Wildman–Crippen MR) is 179 cm³/mol. The number of alkyl halides is 5. The van der Waals surface area contributed by atoms with Crippen molar-refractivity contribution in [2.24, 2.45) is 11.8 Å². The Hall–Kier alpha value is -3.94. The van der Waals surface area contributed by atoms with Gasteiger partial charge < -0.3 is 24.5 Å². The van der Waals surface area contributed by atoms with E-state index in [1.54, 1.807) is 34.1 Å². The SMILES string of the molecule is CC[C@H]1CN(C(=O)[C@]2(F)CN(CC(=O)N3CC[C@H](F)C3)C[C@H]2c2ccc(OC)cc2)C[C@@H]1c1ccc(C(F)(F)F)cc1N1CCC(C(=O)O)CC1. The van der Waals surface area contributed by atoms with Crippen molar-refractivity contribution in [1.29, 1.82) is 0 Å². The molecule has 6 rings (SSSR count). The summed E-state index contributed by atoms with van der Waals surface area (Å²) in [5.74, 6) is -3.49. The van der Waals surface area contributed by atoms with E-state index in [0.29, 0.717) is 41.8 Å². The average Bonchev–Trinajstić information content (AvgIpc) is 3.84. The number of carboxylic acids is 1. The number of likely N-dealkylation sites (tertiary alicyclic amines) is 3. The molecule has 4 fully saturated rings. The highest BCUT2D eigenvalue weighted by molar-refractivity contribution is 5.88. The number of carbonyl (C=O) groups excluding carboxylic acids is 2. The Kier molecular flexibility index (Phi) is 10.5. The van der Waals surface area contributed by atoms with E-state index in [1.165, 1.54) is 23.0 Å². The molecule has 2 amide bonds. The first-order chi connectivity index (χ1) is 24.2. The number of nitrogens with zero attached hydrogens (tertiary/aromatic N) is 4. The maximum absolute atomic E-state index is 17.6. The van der Waals surface area contributed by atoms with E-state index in [9.17, 15) is 37.1 Å². The molecule has 0 spiro atoms. The van der Waals surface area contributed by atoms with E-state index < -0.39 is 47.3 Å². The van der Waals surface area contributed by atoms with Gasteiger partial charge in [-0.05, 0) is 60.6 Å². The van der Waals surface area contributed by atoms with Crippen molar-refractivity contribution in [2.75, 3.05) is 70.9 Å². The molecule has 4 heterocycles. The van der Waals surface area contributed by atoms with Crippen LogP contribution >= 0.6 is 0 Å². The van der Waals surface area contributed by atoms with Gasteiger partial charge in [-0.1, -0.05) is 31.5 Å². The fourth-order valence-corrected chi connectivity index (χ4v) is 8.42. The zero-order chi connectivity index (χ0) is 36.7. The largest absolute Gasteiger partial charge is 0.497 e. The number of hydrogen-bond acceptors (Lipinski definition) is 6. The molecular formula is C37H45F5N4O5. The van der Waals surface area contributed by atoms with Crippen LogP contribution in [-0.4, -0.2) is 115 Å². The molecule has 14 heteroatoms. The number of anilines is 1. The normalized spacial score (nSPS) is 27.7. The van der Waals surface area contributed by atoms with Crippen molar-refractivity contribution in [2.45, 2.75) is 62.5 Å². The molecule has 5 atom stereocenters. The van der Waals surface area contributed by atoms with Crippen LogP contribution in [0.4, 0.5) is 27.6 Å². The first kappa shape index (κ1) is 36.8. The van der Waals surface area contributed by atoms with Crippen molar-refractivity contribution in [3.05, 3.63) is 59.2 Å². The van der Waals surface area contributed by atoms with Crippen LogP contribution in [0.1, 0.15) is 61.1 Å². The summed E-state index contributed by atoms with van der Waals surface area (Å²) >= 11 is 0. The minimum absolute atomic E-state index is 0.00857. The molecule has 2 aromatic rings. The number of carbonyl (C=O) groups is 3. The Morgan fingerprint density at radius 3 is 2.24 bits per heavy atom. The number of piperidine rings is 1. The van der Waals surface area contributed by atoms with Gasteiger partial charge in [0.1, 0.15) is 11.9 Å². The van der Waals surface area contributed by atoms with Crippen LogP contribution in [0, 0.1) is 11.8 Å². The Bertz CT molecular complexity index is 1600. The second kappa shape index (κ2) is 14.6. The van der Waals surface area contributed by atoms with Gasteiger partial charge in [0.2, 0.25) is 11.6 Å². The molecule has 2 aromatic carbocycles. The maximum atomic E-state index is 17.6. The standard InChI is InChI=1S/C37H45F5N4O5/c1-3-23-17-46(19-30(23)29-9-6-26(37(40,41)42)16-32(29)44-13-10-25(11-14-44)34(48)49)35(50)36(39)22-43(21-33(47)45-15-12-27(38)18-45)20-31(36)24-4-7-28(51-2)8-5-24/h4-9,16,23,25,27,30-31H,3,10-15,17-22H2,1-2H3,(H,48,49)/t23-,27-,30-,31-,36-/m0/s1. The molecule has 0 saturated carbocycles. The van der Waals surface area contributed by atoms with E-state index in [-0.39, 0.29) is 83.1 Å². The number of hydrogen-bond donors (Lipinski definition) is 1. The summed E-state index contributed by atoms with van der Waals surface area (Å²) in [5, 5.41) is 9.49. The number of aliphatic carboxylic acids is 1. The van der Waals surface area contributed by atoms with Gasteiger partial charge >= 0.3 is 12.1 Å². The van der Waals surface area contributed by atoms with Crippen molar-refractivity contribution in [1.82, 2.24) is 14.7 Å². The second-order valence-corrected chi connectivity index (χ2v) is 14.4. The first-order valence-electron chi connectivity index (χ1n) is 17.7. The van der Waals surface area contributed by atoms with E-state index in [0.717, 1.165) is 12.1 Å². The van der Waals surface area contributed by atoms with E-state index in [4.69, 9.17) is 4.74 Å². The zero-order valence-electron chi connectivity index (χ0n) is 28.9. The van der Waals surface area contributed by atoms with Gasteiger partial charge in [-0.15, -0.1) is 0 Å². The summed E-state index contributed by atoms with van der Waals surface area (Å²) < 4.78 is 78.5. The van der Waals surface area contributed by atoms with Crippen LogP contribution < -0.4 is 9.64 Å². The number of amides is 2. The molecule has 0 unspecified atom stereocenters. The average molecular weight is 721 g/mol. The highest BCUT2D eigenvalue weighted by Gasteiger charge is 2.57.